The minimum Gasteiger partial charge on any atom is -0.435 e. The Morgan fingerprint density at radius 1 is 1.05 bits per heavy atom. The van der Waals surface area contributed by atoms with Crippen LogP contribution in [0, 0.1) is 6.92 Å². The Morgan fingerprint density at radius 3 is 2.44 bits per heavy atom. The largest absolute Gasteiger partial charge is 0.435 e. The molecule has 0 saturated carbocycles. The Balaban J connectivity index is 1.25. The Labute approximate surface area is 247 Å². The van der Waals surface area contributed by atoms with Crippen LogP contribution in [0.25, 0.3) is 16.9 Å². The molecule has 0 aliphatic carbocycles. The van der Waals surface area contributed by atoms with Gasteiger partial charge in [-0.25, -0.2) is 9.97 Å². The van der Waals surface area contributed by atoms with E-state index in [4.69, 9.17) is 11.5 Å². The zero-order valence-corrected chi connectivity index (χ0v) is 23.7. The van der Waals surface area contributed by atoms with Crippen molar-refractivity contribution in [2.24, 2.45) is 11.5 Å². The predicted molar refractivity (Wildman–Crippen MR) is 158 cm³/mol. The van der Waals surface area contributed by atoms with Gasteiger partial charge in [0.25, 0.3) is 5.91 Å². The molecule has 2 aromatic heterocycles. The molecule has 5 rings (SSSR count). The van der Waals surface area contributed by atoms with Crippen molar-refractivity contribution in [3.63, 3.8) is 0 Å². The molecule has 226 valence electrons. The van der Waals surface area contributed by atoms with Crippen LogP contribution in [0.2, 0.25) is 0 Å². The minimum absolute atomic E-state index is 0.0741. The molecular weight excluding hydrogens is 558 g/mol. The third-order valence-electron chi connectivity index (χ3n) is 7.44. The van der Waals surface area contributed by atoms with Crippen molar-refractivity contribution in [3.8, 4) is 17.0 Å². The molecule has 0 radical (unpaired) electrons. The van der Waals surface area contributed by atoms with Gasteiger partial charge in [-0.05, 0) is 74.3 Å². The second kappa shape index (κ2) is 13.1. The quantitative estimate of drug-likeness (QED) is 0.254. The van der Waals surface area contributed by atoms with Gasteiger partial charge in [-0.1, -0.05) is 0 Å². The molecule has 0 bridgehead atoms. The summed E-state index contributed by atoms with van der Waals surface area (Å²) in [5, 5.41) is 3.29. The molecule has 0 spiro atoms. The van der Waals surface area contributed by atoms with Crippen LogP contribution in [0.15, 0.2) is 61.1 Å². The van der Waals surface area contributed by atoms with E-state index in [1.165, 1.54) is 12.1 Å². The van der Waals surface area contributed by atoms with Crippen molar-refractivity contribution in [2.45, 2.75) is 32.4 Å². The van der Waals surface area contributed by atoms with Gasteiger partial charge in [0, 0.05) is 55.4 Å². The van der Waals surface area contributed by atoms with E-state index in [1.54, 1.807) is 46.6 Å². The zero-order chi connectivity index (χ0) is 30.5. The molecule has 2 amide bonds. The van der Waals surface area contributed by atoms with Crippen molar-refractivity contribution in [2.75, 3.05) is 38.0 Å². The monoisotopic (exact) mass is 592 g/mol. The summed E-state index contributed by atoms with van der Waals surface area (Å²) in [5.74, 6) is 0.393. The van der Waals surface area contributed by atoms with Gasteiger partial charge in [-0.3, -0.25) is 14.0 Å². The number of carbonyl (C=O) groups excluding carboxylic acids is 2. The summed E-state index contributed by atoms with van der Waals surface area (Å²) >= 11 is 0. The normalized spacial score (nSPS) is 14.3. The Kier molecular flexibility index (Phi) is 9.12. The molecule has 1 aliphatic heterocycles. The maximum atomic E-state index is 13.3. The smallest absolute Gasteiger partial charge is 0.387 e. The Bertz CT molecular complexity index is 1590. The summed E-state index contributed by atoms with van der Waals surface area (Å²) < 4.78 is 31.3. The number of aromatic nitrogens is 3. The number of nitrogens with two attached hydrogens (primary N) is 2. The fourth-order valence-corrected chi connectivity index (χ4v) is 5.14. The number of fused-ring (bicyclic) bond motifs is 1. The first-order chi connectivity index (χ1) is 20.7. The van der Waals surface area contributed by atoms with Gasteiger partial charge < -0.3 is 31.3 Å². The highest BCUT2D eigenvalue weighted by Gasteiger charge is 2.28. The average Bonchev–Trinajstić information content (AvgIpc) is 3.45. The molecule has 2 aromatic carbocycles. The van der Waals surface area contributed by atoms with Crippen molar-refractivity contribution >= 4 is 29.0 Å². The Morgan fingerprint density at radius 2 is 1.77 bits per heavy atom. The summed E-state index contributed by atoms with van der Waals surface area (Å²) in [6.45, 7) is 1.23. The number of halogens is 2. The Hall–Kier alpha value is -4.62. The highest BCUT2D eigenvalue weighted by Crippen LogP contribution is 2.28. The van der Waals surface area contributed by atoms with Crippen LogP contribution in [0.3, 0.4) is 0 Å². The number of piperazine rings is 1. The number of anilines is 2. The second-order valence-corrected chi connectivity index (χ2v) is 10.3. The molecular formula is C30H34F2N8O3. The molecule has 4 aromatic rings. The number of benzene rings is 2. The lowest BCUT2D eigenvalue weighted by atomic mass is 10.1. The molecule has 1 saturated heterocycles. The third-order valence-corrected chi connectivity index (χ3v) is 7.44. The van der Waals surface area contributed by atoms with Crippen LogP contribution < -0.4 is 21.5 Å². The summed E-state index contributed by atoms with van der Waals surface area (Å²) in [5.41, 5.74) is 15.7. The van der Waals surface area contributed by atoms with E-state index in [2.05, 4.69) is 20.0 Å². The van der Waals surface area contributed by atoms with E-state index in [1.807, 2.05) is 23.5 Å². The lowest BCUT2D eigenvalue weighted by molar-refractivity contribution is -0.134. The lowest BCUT2D eigenvalue weighted by Gasteiger charge is -2.36. The predicted octanol–water partition coefficient (Wildman–Crippen LogP) is 3.40. The number of imidazole rings is 1. The molecule has 1 aliphatic rings. The van der Waals surface area contributed by atoms with Crippen LogP contribution in [0.1, 0.15) is 28.8 Å². The standard InChI is InChI=1S/C30H34F2N8O3/c1-19-17-21(6-9-23(19)28(41)38-13-15-39(16-14-38)29(42)24(34)3-2-10-33)37-26-27-36-18-25(40(27)12-11-35-26)20-4-7-22(8-5-20)43-30(31)32/h4-9,11-12,17-18,24,30H,2-3,10,13-16,33-34H2,1H3,(H,35,37)/t24-/m0/s1. The maximum Gasteiger partial charge on any atom is 0.387 e. The van der Waals surface area contributed by atoms with Gasteiger partial charge >= 0.3 is 6.61 Å². The minimum atomic E-state index is -2.89. The third kappa shape index (κ3) is 6.73. The van der Waals surface area contributed by atoms with Gasteiger partial charge in [0.15, 0.2) is 11.5 Å². The van der Waals surface area contributed by atoms with Crippen molar-refractivity contribution in [1.82, 2.24) is 24.2 Å². The number of nitrogens with zero attached hydrogens (tertiary/aromatic N) is 5. The summed E-state index contributed by atoms with van der Waals surface area (Å²) in [6.07, 6.45) is 6.33. The van der Waals surface area contributed by atoms with Crippen molar-refractivity contribution < 1.29 is 23.1 Å². The first-order valence-corrected chi connectivity index (χ1v) is 14.0. The first kappa shape index (κ1) is 29.9. The first-order valence-electron chi connectivity index (χ1n) is 14.0. The number of alkyl halides is 2. The van der Waals surface area contributed by atoms with E-state index in [-0.39, 0.29) is 17.6 Å². The van der Waals surface area contributed by atoms with E-state index >= 15 is 0 Å². The number of aryl methyl sites for hydroxylation is 1. The summed E-state index contributed by atoms with van der Waals surface area (Å²) in [7, 11) is 0. The van der Waals surface area contributed by atoms with E-state index < -0.39 is 12.7 Å². The van der Waals surface area contributed by atoms with Crippen molar-refractivity contribution in [3.05, 3.63) is 72.2 Å². The van der Waals surface area contributed by atoms with Gasteiger partial charge in [-0.15, -0.1) is 0 Å². The molecule has 13 heteroatoms. The average molecular weight is 593 g/mol. The number of carbonyl (C=O) groups is 2. The topological polar surface area (TPSA) is 144 Å². The summed E-state index contributed by atoms with van der Waals surface area (Å²) in [6, 6.07) is 11.2. The maximum absolute atomic E-state index is 13.3. The molecule has 11 nitrogen and oxygen atoms in total. The number of ether oxygens (including phenoxy) is 1. The summed E-state index contributed by atoms with van der Waals surface area (Å²) in [4.78, 5) is 38.4. The van der Waals surface area contributed by atoms with Gasteiger partial charge in [0.2, 0.25) is 5.91 Å². The van der Waals surface area contributed by atoms with Crippen LogP contribution >= 0.6 is 0 Å². The van der Waals surface area contributed by atoms with Crippen LogP contribution in [-0.4, -0.2) is 81.4 Å². The molecule has 1 fully saturated rings. The van der Waals surface area contributed by atoms with Crippen molar-refractivity contribution in [1.29, 1.82) is 0 Å². The molecule has 1 atom stereocenters. The lowest BCUT2D eigenvalue weighted by Crippen LogP contribution is -2.54. The van der Waals surface area contributed by atoms with E-state index in [0.717, 1.165) is 22.5 Å². The van der Waals surface area contributed by atoms with Crippen LogP contribution in [0.5, 0.6) is 5.75 Å². The van der Waals surface area contributed by atoms with Crippen LogP contribution in [-0.2, 0) is 4.79 Å². The number of nitrogens with one attached hydrogen (secondary N) is 1. The number of hydrogen-bond acceptors (Lipinski definition) is 8. The number of hydrogen-bond donors (Lipinski definition) is 3. The molecule has 43 heavy (non-hydrogen) atoms. The van der Waals surface area contributed by atoms with E-state index in [0.29, 0.717) is 62.6 Å². The molecule has 0 unspecified atom stereocenters. The number of amides is 2. The van der Waals surface area contributed by atoms with Gasteiger partial charge in [0.05, 0.1) is 17.9 Å². The van der Waals surface area contributed by atoms with Gasteiger partial charge in [0.1, 0.15) is 5.75 Å². The molecule has 3 heterocycles. The van der Waals surface area contributed by atoms with E-state index in [9.17, 15) is 18.4 Å². The highest BCUT2D eigenvalue weighted by atomic mass is 19.3. The fourth-order valence-electron chi connectivity index (χ4n) is 5.14. The van der Waals surface area contributed by atoms with Crippen LogP contribution in [0.4, 0.5) is 20.3 Å². The second-order valence-electron chi connectivity index (χ2n) is 10.3. The highest BCUT2D eigenvalue weighted by molar-refractivity contribution is 5.96. The SMILES string of the molecule is Cc1cc(Nc2nccn3c(-c4ccc(OC(F)F)cc4)cnc23)ccc1C(=O)N1CCN(C(=O)[C@@H](N)CCCN)CC1. The molecule has 5 N–H and O–H groups in total. The van der Waals surface area contributed by atoms with Gasteiger partial charge in [-0.2, -0.15) is 8.78 Å². The fraction of sp³-hybridized carbons (Fsp3) is 0.333. The number of rotatable bonds is 10. The zero-order valence-electron chi connectivity index (χ0n) is 23.7.